The van der Waals surface area contributed by atoms with Gasteiger partial charge in [0.2, 0.25) is 5.91 Å². The zero-order chi connectivity index (χ0) is 19.6. The Morgan fingerprint density at radius 1 is 1.07 bits per heavy atom. The number of aryl methyl sites for hydroxylation is 2. The van der Waals surface area contributed by atoms with E-state index in [0.29, 0.717) is 18.5 Å². The van der Waals surface area contributed by atoms with E-state index >= 15 is 0 Å². The van der Waals surface area contributed by atoms with Crippen molar-refractivity contribution in [3.63, 3.8) is 0 Å². The number of rotatable bonds is 5. The molecular formula is C22H24N2O3. The maximum Gasteiger partial charge on any atom is 0.251 e. The first-order chi connectivity index (χ1) is 12.9. The summed E-state index contributed by atoms with van der Waals surface area (Å²) in [6.07, 6.45) is 1.97. The number of carbonyl (C=O) groups excluding carboxylic acids is 2. The first kappa shape index (κ1) is 18.7. The second kappa shape index (κ2) is 7.66. The van der Waals surface area contributed by atoms with E-state index in [1.165, 1.54) is 11.1 Å². The van der Waals surface area contributed by atoms with E-state index in [4.69, 9.17) is 4.42 Å². The predicted octanol–water partition coefficient (Wildman–Crippen LogP) is 3.61. The molecule has 0 spiro atoms. The Balaban J connectivity index is 1.69. The smallest absolute Gasteiger partial charge is 0.251 e. The molecule has 0 aliphatic heterocycles. The third-order valence-electron chi connectivity index (χ3n) is 4.90. The molecule has 27 heavy (non-hydrogen) atoms. The van der Waals surface area contributed by atoms with Crippen LogP contribution in [0, 0.1) is 13.8 Å². The van der Waals surface area contributed by atoms with Gasteiger partial charge >= 0.3 is 0 Å². The second-order valence-corrected chi connectivity index (χ2v) is 6.90. The number of hydrogen-bond acceptors (Lipinski definition) is 3. The number of carbonyl (C=O) groups is 2. The van der Waals surface area contributed by atoms with Crippen LogP contribution in [0.3, 0.4) is 0 Å². The molecule has 0 saturated carbocycles. The van der Waals surface area contributed by atoms with E-state index in [1.807, 2.05) is 25.1 Å². The minimum Gasteiger partial charge on any atom is -0.464 e. The van der Waals surface area contributed by atoms with Crippen molar-refractivity contribution in [2.75, 3.05) is 14.1 Å². The highest BCUT2D eigenvalue weighted by Crippen LogP contribution is 2.25. The molecular weight excluding hydrogens is 340 g/mol. The van der Waals surface area contributed by atoms with Gasteiger partial charge in [0, 0.05) is 37.2 Å². The standard InChI is InChI=1S/C22H24N2O3/c1-14-9-19-18(13-27-20(19)10-15(14)2)11-21(25)24(4)12-16-5-7-17(8-6-16)22(26)23-3/h5-10,13H,11-12H2,1-4H3,(H,23,26). The monoisotopic (exact) mass is 364 g/mol. The highest BCUT2D eigenvalue weighted by atomic mass is 16.3. The molecule has 2 aromatic carbocycles. The van der Waals surface area contributed by atoms with Gasteiger partial charge in [0.05, 0.1) is 12.7 Å². The Kier molecular flexibility index (Phi) is 5.31. The highest BCUT2D eigenvalue weighted by Gasteiger charge is 2.15. The van der Waals surface area contributed by atoms with Crippen molar-refractivity contribution >= 4 is 22.8 Å². The van der Waals surface area contributed by atoms with Crippen LogP contribution >= 0.6 is 0 Å². The summed E-state index contributed by atoms with van der Waals surface area (Å²) in [6, 6.07) is 11.4. The molecule has 140 valence electrons. The van der Waals surface area contributed by atoms with Crippen molar-refractivity contribution in [1.82, 2.24) is 10.2 Å². The number of benzene rings is 2. The first-order valence-electron chi connectivity index (χ1n) is 8.91. The van der Waals surface area contributed by atoms with Crippen LogP contribution < -0.4 is 5.32 Å². The van der Waals surface area contributed by atoms with Crippen LogP contribution in [-0.4, -0.2) is 30.8 Å². The van der Waals surface area contributed by atoms with Crippen LogP contribution in [0.25, 0.3) is 11.0 Å². The molecule has 5 nitrogen and oxygen atoms in total. The molecule has 0 fully saturated rings. The maximum absolute atomic E-state index is 12.7. The second-order valence-electron chi connectivity index (χ2n) is 6.90. The number of amides is 2. The van der Waals surface area contributed by atoms with Gasteiger partial charge in [0.15, 0.2) is 0 Å². The lowest BCUT2D eigenvalue weighted by Gasteiger charge is -2.17. The van der Waals surface area contributed by atoms with Crippen LogP contribution in [-0.2, 0) is 17.8 Å². The lowest BCUT2D eigenvalue weighted by molar-refractivity contribution is -0.129. The summed E-state index contributed by atoms with van der Waals surface area (Å²) < 4.78 is 5.62. The fraction of sp³-hybridized carbons (Fsp3) is 0.273. The Labute approximate surface area is 159 Å². The Morgan fingerprint density at radius 2 is 1.74 bits per heavy atom. The molecule has 0 bridgehead atoms. The zero-order valence-corrected chi connectivity index (χ0v) is 16.1. The van der Waals surface area contributed by atoms with Gasteiger partial charge in [-0.3, -0.25) is 9.59 Å². The van der Waals surface area contributed by atoms with Crippen molar-refractivity contribution in [3.05, 3.63) is 70.5 Å². The molecule has 0 aliphatic carbocycles. The number of nitrogens with one attached hydrogen (secondary N) is 1. The molecule has 0 saturated heterocycles. The van der Waals surface area contributed by atoms with Gasteiger partial charge in [-0.15, -0.1) is 0 Å². The largest absolute Gasteiger partial charge is 0.464 e. The van der Waals surface area contributed by atoms with Crippen LogP contribution in [0.1, 0.15) is 32.6 Å². The minimum absolute atomic E-state index is 0.0197. The predicted molar refractivity (Wildman–Crippen MR) is 106 cm³/mol. The first-order valence-corrected chi connectivity index (χ1v) is 8.91. The van der Waals surface area contributed by atoms with Gasteiger partial charge in [0.25, 0.3) is 5.91 Å². The SMILES string of the molecule is CNC(=O)c1ccc(CN(C)C(=O)Cc2coc3cc(C)c(C)cc23)cc1. The fourth-order valence-electron chi connectivity index (χ4n) is 3.04. The van der Waals surface area contributed by atoms with E-state index in [-0.39, 0.29) is 11.8 Å². The molecule has 0 aliphatic rings. The van der Waals surface area contributed by atoms with E-state index < -0.39 is 0 Å². The summed E-state index contributed by atoms with van der Waals surface area (Å²) in [5, 5.41) is 3.59. The third-order valence-corrected chi connectivity index (χ3v) is 4.90. The molecule has 0 radical (unpaired) electrons. The van der Waals surface area contributed by atoms with Gasteiger partial charge in [-0.25, -0.2) is 0 Å². The molecule has 1 aromatic heterocycles. The molecule has 5 heteroatoms. The minimum atomic E-state index is -0.122. The van der Waals surface area contributed by atoms with E-state index in [2.05, 4.69) is 18.3 Å². The van der Waals surface area contributed by atoms with Gasteiger partial charge in [-0.1, -0.05) is 12.1 Å². The number of hydrogen-bond donors (Lipinski definition) is 1. The van der Waals surface area contributed by atoms with E-state index in [0.717, 1.165) is 22.1 Å². The average Bonchev–Trinajstić information content (AvgIpc) is 3.03. The molecule has 3 aromatic rings. The summed E-state index contributed by atoms with van der Waals surface area (Å²) >= 11 is 0. The van der Waals surface area contributed by atoms with E-state index in [9.17, 15) is 9.59 Å². The highest BCUT2D eigenvalue weighted by molar-refractivity contribution is 5.94. The van der Waals surface area contributed by atoms with Crippen LogP contribution in [0.4, 0.5) is 0 Å². The Hall–Kier alpha value is -3.08. The van der Waals surface area contributed by atoms with Crippen LogP contribution in [0.15, 0.2) is 47.1 Å². The van der Waals surface area contributed by atoms with Crippen molar-refractivity contribution in [1.29, 1.82) is 0 Å². The number of likely N-dealkylation sites (N-methyl/N-ethyl adjacent to an activating group) is 1. The fourth-order valence-corrected chi connectivity index (χ4v) is 3.04. The van der Waals surface area contributed by atoms with E-state index in [1.54, 1.807) is 37.4 Å². The normalized spacial score (nSPS) is 10.8. The molecule has 1 N–H and O–H groups in total. The lowest BCUT2D eigenvalue weighted by Crippen LogP contribution is -2.27. The summed E-state index contributed by atoms with van der Waals surface area (Å²) in [7, 11) is 3.39. The zero-order valence-electron chi connectivity index (χ0n) is 16.1. The topological polar surface area (TPSA) is 62.6 Å². The quantitative estimate of drug-likeness (QED) is 0.752. The van der Waals surface area contributed by atoms with Crippen LogP contribution in [0.2, 0.25) is 0 Å². The number of nitrogens with zero attached hydrogens (tertiary/aromatic N) is 1. The van der Waals surface area contributed by atoms with Gasteiger partial charge in [-0.2, -0.15) is 0 Å². The van der Waals surface area contributed by atoms with Gasteiger partial charge in [-0.05, 0) is 54.8 Å². The molecule has 1 heterocycles. The molecule has 0 atom stereocenters. The van der Waals surface area contributed by atoms with Crippen LogP contribution in [0.5, 0.6) is 0 Å². The van der Waals surface area contributed by atoms with Crippen molar-refractivity contribution in [2.45, 2.75) is 26.8 Å². The van der Waals surface area contributed by atoms with Crippen molar-refractivity contribution in [3.8, 4) is 0 Å². The number of furan rings is 1. The van der Waals surface area contributed by atoms with Gasteiger partial charge < -0.3 is 14.6 Å². The third kappa shape index (κ3) is 4.03. The summed E-state index contributed by atoms with van der Waals surface area (Å²) in [6.45, 7) is 4.59. The lowest BCUT2D eigenvalue weighted by atomic mass is 10.0. The summed E-state index contributed by atoms with van der Waals surface area (Å²) in [4.78, 5) is 25.9. The Bertz CT molecular complexity index is 987. The average molecular weight is 364 g/mol. The summed E-state index contributed by atoms with van der Waals surface area (Å²) in [5.41, 5.74) is 5.65. The van der Waals surface area contributed by atoms with Crippen molar-refractivity contribution in [2.24, 2.45) is 0 Å². The maximum atomic E-state index is 12.7. The van der Waals surface area contributed by atoms with Crippen molar-refractivity contribution < 1.29 is 14.0 Å². The summed E-state index contributed by atoms with van der Waals surface area (Å²) in [5.74, 6) is -0.102. The Morgan fingerprint density at radius 3 is 2.41 bits per heavy atom. The molecule has 0 unspecified atom stereocenters. The number of fused-ring (bicyclic) bond motifs is 1. The molecule has 3 rings (SSSR count). The molecule has 2 amide bonds. The van der Waals surface area contributed by atoms with Gasteiger partial charge in [0.1, 0.15) is 5.58 Å².